The molecule has 2 aromatic carbocycles. The second kappa shape index (κ2) is 12.0. The first-order valence-corrected chi connectivity index (χ1v) is 13.0. The normalized spacial score (nSPS) is 20.9. The number of aryl methyl sites for hydroxylation is 1. The largest absolute Gasteiger partial charge is 0.508 e. The van der Waals surface area contributed by atoms with Crippen molar-refractivity contribution in [2.24, 2.45) is 0 Å². The van der Waals surface area contributed by atoms with Gasteiger partial charge in [-0.25, -0.2) is 4.79 Å². The van der Waals surface area contributed by atoms with Crippen LogP contribution in [0.2, 0.25) is 0 Å². The Labute approximate surface area is 224 Å². The Morgan fingerprint density at radius 3 is 2.55 bits per heavy atom. The Hall–Kier alpha value is -4.00. The van der Waals surface area contributed by atoms with E-state index in [0.717, 1.165) is 53.4 Å². The number of rotatable bonds is 4. The van der Waals surface area contributed by atoms with Crippen molar-refractivity contribution in [3.63, 3.8) is 0 Å². The van der Waals surface area contributed by atoms with E-state index in [0.29, 0.717) is 36.2 Å². The molecule has 3 aliphatic rings. The molecule has 2 aliphatic heterocycles. The van der Waals surface area contributed by atoms with Crippen molar-refractivity contribution in [2.45, 2.75) is 58.0 Å². The number of phenols is 1. The Balaban J connectivity index is 0.000000360. The fourth-order valence-corrected chi connectivity index (χ4v) is 5.16. The number of benzene rings is 2. The van der Waals surface area contributed by atoms with E-state index in [-0.39, 0.29) is 23.8 Å². The lowest BCUT2D eigenvalue weighted by Gasteiger charge is -2.33. The summed E-state index contributed by atoms with van der Waals surface area (Å²) in [6, 6.07) is 15.0. The maximum atomic E-state index is 13.0. The topological polar surface area (TPSA) is 96.9 Å². The first-order valence-electron chi connectivity index (χ1n) is 13.0. The van der Waals surface area contributed by atoms with Crippen LogP contribution in [0.3, 0.4) is 0 Å². The number of Topliss-reactive ketones (excluding diaryl/α,β-unsaturated/α-hetero) is 1. The Morgan fingerprint density at radius 1 is 1.08 bits per heavy atom. The zero-order valence-corrected chi connectivity index (χ0v) is 22.3. The van der Waals surface area contributed by atoms with E-state index in [2.05, 4.69) is 17.2 Å². The highest BCUT2D eigenvalue weighted by atomic mass is 16.5. The standard InChI is InChI=1S/C24H28N2O4.C7H8O/c1-14-10-17(8-9-25-14)30-24(28)19-13-20-21(26-15(19)2)11-16(12-22(20)27)18-6-4-5-7-23(18)29-3;1-6-3-2-4-7(8)5-6/h4-7,16-17,25-26H,1,8-13H2,2-3H3;2-5,8H,1H3/t16-,17-;/m1./s1. The first kappa shape index (κ1) is 27.0. The van der Waals surface area contributed by atoms with Gasteiger partial charge in [-0.15, -0.1) is 0 Å². The van der Waals surface area contributed by atoms with E-state index in [1.54, 1.807) is 19.2 Å². The van der Waals surface area contributed by atoms with Gasteiger partial charge in [0.05, 0.1) is 12.7 Å². The number of esters is 1. The van der Waals surface area contributed by atoms with E-state index in [9.17, 15) is 9.59 Å². The molecule has 2 heterocycles. The molecule has 1 fully saturated rings. The lowest BCUT2D eigenvalue weighted by molar-refractivity contribution is -0.145. The molecule has 0 aromatic heterocycles. The van der Waals surface area contributed by atoms with Gasteiger partial charge in [0.25, 0.3) is 0 Å². The number of allylic oxidation sites excluding steroid dienone is 3. The molecule has 0 saturated carbocycles. The van der Waals surface area contributed by atoms with Crippen LogP contribution in [0.4, 0.5) is 0 Å². The number of methoxy groups -OCH3 is 1. The van der Waals surface area contributed by atoms with Crippen LogP contribution in [0.1, 0.15) is 56.1 Å². The minimum Gasteiger partial charge on any atom is -0.508 e. The number of ether oxygens (including phenoxy) is 2. The summed E-state index contributed by atoms with van der Waals surface area (Å²) in [5.41, 5.74) is 5.94. The van der Waals surface area contributed by atoms with Crippen LogP contribution in [0.15, 0.2) is 83.3 Å². The predicted octanol–water partition coefficient (Wildman–Crippen LogP) is 5.17. The number of hydrogen-bond acceptors (Lipinski definition) is 7. The molecule has 7 heteroatoms. The van der Waals surface area contributed by atoms with E-state index in [1.165, 1.54) is 0 Å². The van der Waals surface area contributed by atoms with Crippen LogP contribution in [0.5, 0.6) is 11.5 Å². The second-order valence-electron chi connectivity index (χ2n) is 10.0. The van der Waals surface area contributed by atoms with Crippen LogP contribution in [-0.4, -0.2) is 36.6 Å². The molecular weight excluding hydrogens is 480 g/mol. The number of phenolic OH excluding ortho intramolecular Hbond substituents is 1. The summed E-state index contributed by atoms with van der Waals surface area (Å²) in [4.78, 5) is 25.8. The number of nitrogens with one attached hydrogen (secondary N) is 2. The van der Waals surface area contributed by atoms with Gasteiger partial charge in [0.1, 0.15) is 17.6 Å². The lowest BCUT2D eigenvalue weighted by Crippen LogP contribution is -2.35. The van der Waals surface area contributed by atoms with Crippen LogP contribution in [0.25, 0.3) is 0 Å². The highest BCUT2D eigenvalue weighted by Crippen LogP contribution is 2.41. The number of ketones is 1. The molecule has 200 valence electrons. The van der Waals surface area contributed by atoms with Gasteiger partial charge >= 0.3 is 5.97 Å². The highest BCUT2D eigenvalue weighted by Gasteiger charge is 2.35. The molecule has 5 rings (SSSR count). The van der Waals surface area contributed by atoms with Crippen LogP contribution in [-0.2, 0) is 14.3 Å². The molecule has 2 aromatic rings. The molecule has 7 nitrogen and oxygen atoms in total. The summed E-state index contributed by atoms with van der Waals surface area (Å²) in [5, 5.41) is 15.3. The van der Waals surface area contributed by atoms with Crippen LogP contribution < -0.4 is 15.4 Å². The van der Waals surface area contributed by atoms with Crippen molar-refractivity contribution in [3.05, 3.63) is 94.5 Å². The molecule has 3 N–H and O–H groups in total. The number of para-hydroxylation sites is 1. The average molecular weight is 517 g/mol. The third-order valence-corrected chi connectivity index (χ3v) is 7.14. The maximum Gasteiger partial charge on any atom is 0.336 e. The minimum atomic E-state index is -0.342. The van der Waals surface area contributed by atoms with E-state index in [4.69, 9.17) is 14.6 Å². The summed E-state index contributed by atoms with van der Waals surface area (Å²) < 4.78 is 11.2. The molecule has 1 aliphatic carbocycles. The van der Waals surface area contributed by atoms with Gasteiger partial charge < -0.3 is 25.2 Å². The van der Waals surface area contributed by atoms with E-state index < -0.39 is 0 Å². The Kier molecular flexibility index (Phi) is 8.56. The molecule has 38 heavy (non-hydrogen) atoms. The summed E-state index contributed by atoms with van der Waals surface area (Å²) in [6.07, 6.45) is 2.68. The molecule has 0 spiro atoms. The van der Waals surface area contributed by atoms with Crippen LogP contribution >= 0.6 is 0 Å². The molecular formula is C31H36N2O5. The molecule has 0 bridgehead atoms. The number of hydrogen-bond donors (Lipinski definition) is 3. The fourth-order valence-electron chi connectivity index (χ4n) is 5.16. The van der Waals surface area contributed by atoms with E-state index >= 15 is 0 Å². The lowest BCUT2D eigenvalue weighted by atomic mass is 9.78. The molecule has 2 atom stereocenters. The SMILES string of the molecule is C=C1C[C@H](OC(=O)C2=C(C)NC3=C(C2)C(=O)C[C@H](c2ccccc2OC)C3)CCN1.Cc1cccc(O)c1. The summed E-state index contributed by atoms with van der Waals surface area (Å²) in [5.74, 6) is 0.931. The van der Waals surface area contributed by atoms with Gasteiger partial charge in [0.15, 0.2) is 5.78 Å². The number of carbonyl (C=O) groups is 2. The van der Waals surface area contributed by atoms with Crippen molar-refractivity contribution >= 4 is 11.8 Å². The monoisotopic (exact) mass is 516 g/mol. The number of carbonyl (C=O) groups excluding carboxylic acids is 2. The zero-order valence-electron chi connectivity index (χ0n) is 22.3. The molecule has 0 radical (unpaired) electrons. The summed E-state index contributed by atoms with van der Waals surface area (Å²) in [6.45, 7) is 8.49. The molecule has 0 unspecified atom stereocenters. The van der Waals surface area contributed by atoms with E-state index in [1.807, 2.05) is 50.2 Å². The van der Waals surface area contributed by atoms with Gasteiger partial charge in [-0.1, -0.05) is 36.9 Å². The molecule has 0 amide bonds. The number of aromatic hydroxyl groups is 1. The Morgan fingerprint density at radius 2 is 1.87 bits per heavy atom. The van der Waals surface area contributed by atoms with Crippen molar-refractivity contribution < 1.29 is 24.2 Å². The second-order valence-corrected chi connectivity index (χ2v) is 10.0. The van der Waals surface area contributed by atoms with Gasteiger partial charge in [0.2, 0.25) is 0 Å². The maximum absolute atomic E-state index is 13.0. The summed E-state index contributed by atoms with van der Waals surface area (Å²) in [7, 11) is 1.65. The summed E-state index contributed by atoms with van der Waals surface area (Å²) >= 11 is 0. The average Bonchev–Trinajstić information content (AvgIpc) is 2.88. The first-order chi connectivity index (χ1) is 18.2. The number of dihydropyridines is 1. The van der Waals surface area contributed by atoms with Crippen molar-refractivity contribution in [2.75, 3.05) is 13.7 Å². The van der Waals surface area contributed by atoms with Crippen molar-refractivity contribution in [1.82, 2.24) is 10.6 Å². The van der Waals surface area contributed by atoms with Crippen molar-refractivity contribution in [1.29, 1.82) is 0 Å². The van der Waals surface area contributed by atoms with Gasteiger partial charge in [0, 0.05) is 60.8 Å². The smallest absolute Gasteiger partial charge is 0.336 e. The number of piperidine rings is 1. The van der Waals surface area contributed by atoms with Crippen molar-refractivity contribution in [3.8, 4) is 11.5 Å². The third kappa shape index (κ3) is 6.46. The fraction of sp³-hybridized carbons (Fsp3) is 0.355. The van der Waals surface area contributed by atoms with Gasteiger partial charge in [-0.05, 0) is 49.6 Å². The van der Waals surface area contributed by atoms with Gasteiger partial charge in [-0.3, -0.25) is 4.79 Å². The van der Waals surface area contributed by atoms with Gasteiger partial charge in [-0.2, -0.15) is 0 Å². The highest BCUT2D eigenvalue weighted by molar-refractivity contribution is 6.01. The predicted molar refractivity (Wildman–Crippen MR) is 147 cm³/mol. The van der Waals surface area contributed by atoms with Crippen LogP contribution in [0, 0.1) is 6.92 Å². The Bertz CT molecular complexity index is 1280. The quantitative estimate of drug-likeness (QED) is 0.482. The zero-order chi connectivity index (χ0) is 27.2. The minimum absolute atomic E-state index is 0.0574. The molecule has 1 saturated heterocycles. The third-order valence-electron chi connectivity index (χ3n) is 7.14.